The molecule has 0 aliphatic carbocycles. The zero-order valence-electron chi connectivity index (χ0n) is 13.1. The average molecular weight is 306 g/mol. The molecule has 2 fully saturated rings. The van der Waals surface area contributed by atoms with Crippen LogP contribution in [0, 0.1) is 19.8 Å². The summed E-state index contributed by atoms with van der Waals surface area (Å²) >= 11 is 1.99. The molecule has 1 spiro atoms. The minimum atomic E-state index is -0.238. The lowest BCUT2D eigenvalue weighted by atomic mass is 9.80. The molecule has 3 atom stereocenters. The van der Waals surface area contributed by atoms with Gasteiger partial charge in [0.2, 0.25) is 0 Å². The van der Waals surface area contributed by atoms with E-state index in [-0.39, 0.29) is 11.7 Å². The highest BCUT2D eigenvalue weighted by Crippen LogP contribution is 2.41. The highest BCUT2D eigenvalue weighted by molar-refractivity contribution is 7.99. The molecule has 2 saturated heterocycles. The van der Waals surface area contributed by atoms with E-state index in [1.165, 1.54) is 22.4 Å². The molecule has 3 unspecified atom stereocenters. The minimum Gasteiger partial charge on any atom is -0.392 e. The van der Waals surface area contributed by atoms with Crippen molar-refractivity contribution < 1.29 is 9.84 Å². The van der Waals surface area contributed by atoms with Crippen LogP contribution >= 0.6 is 11.8 Å². The molecule has 2 nitrogen and oxygen atoms in total. The van der Waals surface area contributed by atoms with E-state index in [1.54, 1.807) is 0 Å². The summed E-state index contributed by atoms with van der Waals surface area (Å²) < 4.78 is 6.06. The molecule has 2 aliphatic rings. The standard InChI is InChI=1S/C18H26O2S/c1-13-3-4-15(9-14(13)2)10-17(19)16-5-7-20-18(11-16)6-8-21-12-18/h3-4,9,16-17,19H,5-8,10-12H2,1-2H3. The Labute approximate surface area is 132 Å². The van der Waals surface area contributed by atoms with Gasteiger partial charge in [-0.1, -0.05) is 18.2 Å². The van der Waals surface area contributed by atoms with Crippen molar-refractivity contribution in [2.75, 3.05) is 18.1 Å². The highest BCUT2D eigenvalue weighted by Gasteiger charge is 2.42. The third-order valence-electron chi connectivity index (χ3n) is 5.16. The van der Waals surface area contributed by atoms with Gasteiger partial charge in [-0.2, -0.15) is 11.8 Å². The summed E-state index contributed by atoms with van der Waals surface area (Å²) in [6, 6.07) is 6.54. The fourth-order valence-electron chi connectivity index (χ4n) is 3.60. The number of ether oxygens (including phenoxy) is 1. The van der Waals surface area contributed by atoms with Crippen LogP contribution in [0.4, 0.5) is 0 Å². The van der Waals surface area contributed by atoms with Crippen LogP contribution in [0.5, 0.6) is 0 Å². The van der Waals surface area contributed by atoms with E-state index in [4.69, 9.17) is 4.74 Å². The second-order valence-corrected chi connectivity index (χ2v) is 7.88. The highest BCUT2D eigenvalue weighted by atomic mass is 32.2. The Hall–Kier alpha value is -0.510. The van der Waals surface area contributed by atoms with Gasteiger partial charge in [0.1, 0.15) is 0 Å². The number of aliphatic hydroxyl groups excluding tert-OH is 1. The molecule has 0 saturated carbocycles. The van der Waals surface area contributed by atoms with E-state index in [1.807, 2.05) is 11.8 Å². The molecule has 0 radical (unpaired) electrons. The molecular weight excluding hydrogens is 280 g/mol. The quantitative estimate of drug-likeness (QED) is 0.926. The maximum atomic E-state index is 10.7. The largest absolute Gasteiger partial charge is 0.392 e. The average Bonchev–Trinajstić information content (AvgIpc) is 2.91. The van der Waals surface area contributed by atoms with Gasteiger partial charge in [0.15, 0.2) is 0 Å². The van der Waals surface area contributed by atoms with Gasteiger partial charge in [0.25, 0.3) is 0 Å². The van der Waals surface area contributed by atoms with E-state index in [2.05, 4.69) is 32.0 Å². The number of aliphatic hydroxyl groups is 1. The Morgan fingerprint density at radius 2 is 2.24 bits per heavy atom. The predicted molar refractivity (Wildman–Crippen MR) is 89.0 cm³/mol. The summed E-state index contributed by atoms with van der Waals surface area (Å²) in [4.78, 5) is 0. The number of benzene rings is 1. The number of hydrogen-bond donors (Lipinski definition) is 1. The molecule has 2 heterocycles. The summed E-state index contributed by atoms with van der Waals surface area (Å²) in [5, 5.41) is 10.7. The van der Waals surface area contributed by atoms with Gasteiger partial charge >= 0.3 is 0 Å². The number of thioether (sulfide) groups is 1. The van der Waals surface area contributed by atoms with E-state index >= 15 is 0 Å². The summed E-state index contributed by atoms with van der Waals surface area (Å²) in [6.07, 6.45) is 3.72. The number of hydrogen-bond acceptors (Lipinski definition) is 3. The van der Waals surface area contributed by atoms with Crippen molar-refractivity contribution in [3.05, 3.63) is 34.9 Å². The van der Waals surface area contributed by atoms with E-state index in [9.17, 15) is 5.11 Å². The van der Waals surface area contributed by atoms with E-state index < -0.39 is 0 Å². The topological polar surface area (TPSA) is 29.5 Å². The van der Waals surface area contributed by atoms with Crippen LogP contribution < -0.4 is 0 Å². The molecule has 1 aromatic carbocycles. The van der Waals surface area contributed by atoms with Gasteiger partial charge in [-0.05, 0) is 67.9 Å². The Bertz CT molecular complexity index is 494. The van der Waals surface area contributed by atoms with Crippen molar-refractivity contribution in [2.45, 2.75) is 51.2 Å². The SMILES string of the molecule is Cc1ccc(CC(O)C2CCOC3(CCSC3)C2)cc1C. The molecule has 2 aliphatic heterocycles. The number of aryl methyl sites for hydroxylation is 2. The van der Waals surface area contributed by atoms with Gasteiger partial charge in [0.05, 0.1) is 11.7 Å². The lowest BCUT2D eigenvalue weighted by molar-refractivity contribution is -0.101. The molecule has 0 bridgehead atoms. The molecular formula is C18H26O2S. The first kappa shape index (κ1) is 15.4. The van der Waals surface area contributed by atoms with Crippen LogP contribution in [0.1, 0.15) is 36.0 Å². The first-order valence-corrected chi connectivity index (χ1v) is 9.19. The first-order valence-electron chi connectivity index (χ1n) is 8.04. The lowest BCUT2D eigenvalue weighted by Crippen LogP contribution is -2.43. The first-order chi connectivity index (χ1) is 10.1. The molecule has 3 heteroatoms. The Morgan fingerprint density at radius 3 is 2.95 bits per heavy atom. The fraction of sp³-hybridized carbons (Fsp3) is 0.667. The fourth-order valence-corrected chi connectivity index (χ4v) is 4.97. The van der Waals surface area contributed by atoms with Crippen LogP contribution in [0.2, 0.25) is 0 Å². The molecule has 0 aromatic heterocycles. The predicted octanol–water partition coefficient (Wildman–Crippen LogP) is 3.51. The smallest absolute Gasteiger partial charge is 0.0783 e. The maximum Gasteiger partial charge on any atom is 0.0783 e. The van der Waals surface area contributed by atoms with Crippen LogP contribution in [0.15, 0.2) is 18.2 Å². The van der Waals surface area contributed by atoms with Gasteiger partial charge in [-0.15, -0.1) is 0 Å². The van der Waals surface area contributed by atoms with E-state index in [0.717, 1.165) is 38.0 Å². The van der Waals surface area contributed by atoms with Crippen molar-refractivity contribution in [1.82, 2.24) is 0 Å². The van der Waals surface area contributed by atoms with Crippen molar-refractivity contribution in [3.63, 3.8) is 0 Å². The van der Waals surface area contributed by atoms with Gasteiger partial charge in [-0.25, -0.2) is 0 Å². The molecule has 1 N–H and O–H groups in total. The Morgan fingerprint density at radius 1 is 1.38 bits per heavy atom. The van der Waals surface area contributed by atoms with Crippen molar-refractivity contribution >= 4 is 11.8 Å². The second-order valence-electron chi connectivity index (χ2n) is 6.78. The molecule has 1 aromatic rings. The maximum absolute atomic E-state index is 10.7. The van der Waals surface area contributed by atoms with Crippen molar-refractivity contribution in [2.24, 2.45) is 5.92 Å². The zero-order valence-corrected chi connectivity index (χ0v) is 13.9. The van der Waals surface area contributed by atoms with Gasteiger partial charge < -0.3 is 9.84 Å². The summed E-state index contributed by atoms with van der Waals surface area (Å²) in [5.74, 6) is 2.71. The Balaban J connectivity index is 1.64. The van der Waals surface area contributed by atoms with Crippen LogP contribution in [0.25, 0.3) is 0 Å². The van der Waals surface area contributed by atoms with Gasteiger partial charge in [-0.3, -0.25) is 0 Å². The summed E-state index contributed by atoms with van der Waals surface area (Å²) in [6.45, 7) is 5.09. The van der Waals surface area contributed by atoms with Crippen LogP contribution in [-0.2, 0) is 11.2 Å². The second kappa shape index (κ2) is 6.31. The third-order valence-corrected chi connectivity index (χ3v) is 6.38. The third kappa shape index (κ3) is 3.46. The van der Waals surface area contributed by atoms with Gasteiger partial charge in [0, 0.05) is 12.4 Å². The van der Waals surface area contributed by atoms with Crippen molar-refractivity contribution in [1.29, 1.82) is 0 Å². The molecule has 3 rings (SSSR count). The molecule has 21 heavy (non-hydrogen) atoms. The van der Waals surface area contributed by atoms with Crippen LogP contribution in [-0.4, -0.2) is 34.9 Å². The summed E-state index contributed by atoms with van der Waals surface area (Å²) in [7, 11) is 0. The van der Waals surface area contributed by atoms with Crippen LogP contribution in [0.3, 0.4) is 0 Å². The number of rotatable bonds is 3. The molecule has 0 amide bonds. The van der Waals surface area contributed by atoms with E-state index in [0.29, 0.717) is 5.92 Å². The Kier molecular flexibility index (Phi) is 4.63. The normalized spacial score (nSPS) is 30.7. The van der Waals surface area contributed by atoms with Crippen molar-refractivity contribution in [3.8, 4) is 0 Å². The minimum absolute atomic E-state index is 0.0672. The molecule has 116 valence electrons. The monoisotopic (exact) mass is 306 g/mol. The summed E-state index contributed by atoms with van der Waals surface area (Å²) in [5.41, 5.74) is 3.96. The lowest BCUT2D eigenvalue weighted by Gasteiger charge is -2.39. The zero-order chi connectivity index (χ0) is 14.9.